The molecule has 21 heavy (non-hydrogen) atoms. The van der Waals surface area contributed by atoms with Crippen LogP contribution in [0.15, 0.2) is 30.3 Å². The number of hydrogen-bond donors (Lipinski definition) is 1. The van der Waals surface area contributed by atoms with Crippen LogP contribution in [0, 0.1) is 0 Å². The van der Waals surface area contributed by atoms with Crippen LogP contribution in [0.5, 0.6) is 0 Å². The van der Waals surface area contributed by atoms with Crippen LogP contribution in [-0.2, 0) is 21.2 Å². The van der Waals surface area contributed by atoms with Crippen molar-refractivity contribution < 1.29 is 13.2 Å². The second-order valence-corrected chi connectivity index (χ2v) is 7.50. The molecule has 1 heterocycles. The van der Waals surface area contributed by atoms with Gasteiger partial charge in [0.1, 0.15) is 0 Å². The molecule has 0 bridgehead atoms. The number of carbonyl (C=O) groups is 1. The zero-order chi connectivity index (χ0) is 15.3. The number of sulfonamides is 1. The van der Waals surface area contributed by atoms with Crippen LogP contribution in [0.4, 0.5) is 0 Å². The minimum atomic E-state index is -3.33. The van der Waals surface area contributed by atoms with Crippen LogP contribution < -0.4 is 5.32 Å². The van der Waals surface area contributed by atoms with Crippen molar-refractivity contribution in [2.75, 3.05) is 18.8 Å². The van der Waals surface area contributed by atoms with Gasteiger partial charge in [-0.15, -0.1) is 0 Å². The zero-order valence-corrected chi connectivity index (χ0v) is 13.1. The molecule has 1 aromatic rings. The molecular formula is C15H22N2O3S. The Morgan fingerprint density at radius 3 is 2.67 bits per heavy atom. The summed E-state index contributed by atoms with van der Waals surface area (Å²) in [6.07, 6.45) is 2.10. The summed E-state index contributed by atoms with van der Waals surface area (Å²) in [5.74, 6) is -0.100. The molecule has 1 aliphatic rings. The fourth-order valence-electron chi connectivity index (χ4n) is 2.47. The summed E-state index contributed by atoms with van der Waals surface area (Å²) in [4.78, 5) is 11.8. The first-order chi connectivity index (χ1) is 10.0. The second-order valence-electron chi connectivity index (χ2n) is 5.42. The average Bonchev–Trinajstić information content (AvgIpc) is 2.45. The molecule has 1 N–H and O–H groups in total. The molecule has 1 aliphatic heterocycles. The predicted octanol–water partition coefficient (Wildman–Crippen LogP) is 1.16. The Morgan fingerprint density at radius 1 is 1.29 bits per heavy atom. The molecule has 6 heteroatoms. The zero-order valence-electron chi connectivity index (χ0n) is 12.3. The number of nitrogens with one attached hydrogen (secondary N) is 1. The molecule has 1 aromatic carbocycles. The Bertz CT molecular complexity index is 572. The van der Waals surface area contributed by atoms with E-state index < -0.39 is 10.0 Å². The van der Waals surface area contributed by atoms with Crippen molar-refractivity contribution in [3.8, 4) is 0 Å². The highest BCUT2D eigenvalue weighted by Gasteiger charge is 2.32. The predicted molar refractivity (Wildman–Crippen MR) is 82.3 cm³/mol. The van der Waals surface area contributed by atoms with Crippen LogP contribution in [0.3, 0.4) is 0 Å². The van der Waals surface area contributed by atoms with Crippen LogP contribution >= 0.6 is 0 Å². The topological polar surface area (TPSA) is 66.5 Å². The van der Waals surface area contributed by atoms with Crippen molar-refractivity contribution in [3.63, 3.8) is 0 Å². The Labute approximate surface area is 126 Å². The molecule has 5 nitrogen and oxygen atoms in total. The van der Waals surface area contributed by atoms with Gasteiger partial charge in [-0.1, -0.05) is 43.7 Å². The van der Waals surface area contributed by atoms with Crippen molar-refractivity contribution in [2.24, 2.45) is 0 Å². The van der Waals surface area contributed by atoms with Crippen LogP contribution in [-0.4, -0.2) is 43.5 Å². The molecule has 0 saturated carbocycles. The first-order valence-electron chi connectivity index (χ1n) is 7.32. The molecule has 0 spiro atoms. The molecule has 0 radical (unpaired) electrons. The van der Waals surface area contributed by atoms with Gasteiger partial charge in [-0.25, -0.2) is 8.42 Å². The minimum absolute atomic E-state index is 0.0582. The first-order valence-corrected chi connectivity index (χ1v) is 8.93. The number of rotatable bonds is 6. The lowest BCUT2D eigenvalue weighted by molar-refractivity contribution is -0.123. The van der Waals surface area contributed by atoms with Crippen LogP contribution in [0.25, 0.3) is 0 Å². The highest BCUT2D eigenvalue weighted by Crippen LogP contribution is 2.13. The van der Waals surface area contributed by atoms with Crippen molar-refractivity contribution in [3.05, 3.63) is 35.9 Å². The minimum Gasteiger partial charge on any atom is -0.351 e. The summed E-state index contributed by atoms with van der Waals surface area (Å²) in [5.41, 5.74) is 1.09. The van der Waals surface area contributed by atoms with E-state index in [1.165, 1.54) is 4.31 Å². The molecule has 0 aromatic heterocycles. The lowest BCUT2D eigenvalue weighted by Gasteiger charge is -2.32. The Hall–Kier alpha value is -1.40. The molecule has 1 amide bonds. The molecular weight excluding hydrogens is 288 g/mol. The smallest absolute Gasteiger partial charge is 0.235 e. The van der Waals surface area contributed by atoms with Gasteiger partial charge < -0.3 is 5.32 Å². The van der Waals surface area contributed by atoms with Crippen molar-refractivity contribution >= 4 is 15.9 Å². The molecule has 1 saturated heterocycles. The lowest BCUT2D eigenvalue weighted by atomic mass is 10.0. The fourth-order valence-corrected chi connectivity index (χ4v) is 4.10. The van der Waals surface area contributed by atoms with E-state index >= 15 is 0 Å². The lowest BCUT2D eigenvalue weighted by Crippen LogP contribution is -2.56. The Balaban J connectivity index is 2.04. The molecule has 1 atom stereocenters. The monoisotopic (exact) mass is 310 g/mol. The third-order valence-corrected chi connectivity index (χ3v) is 5.45. The molecule has 0 aliphatic carbocycles. The maximum atomic E-state index is 12.2. The van der Waals surface area contributed by atoms with Crippen molar-refractivity contribution in [2.45, 2.75) is 32.2 Å². The SMILES string of the molecule is CCCCS(=O)(=O)N1CC(=O)N[C@@H](Cc2ccccc2)C1. The number of nitrogens with zero attached hydrogens (tertiary/aromatic N) is 1. The molecule has 0 unspecified atom stereocenters. The number of hydrogen-bond acceptors (Lipinski definition) is 3. The molecule has 116 valence electrons. The van der Waals surface area contributed by atoms with E-state index in [9.17, 15) is 13.2 Å². The fraction of sp³-hybridized carbons (Fsp3) is 0.533. The third kappa shape index (κ3) is 4.54. The largest absolute Gasteiger partial charge is 0.351 e. The average molecular weight is 310 g/mol. The quantitative estimate of drug-likeness (QED) is 0.857. The van der Waals surface area contributed by atoms with Gasteiger partial charge in [0.25, 0.3) is 0 Å². The second kappa shape index (κ2) is 7.04. The summed E-state index contributed by atoms with van der Waals surface area (Å²) < 4.78 is 25.8. The van der Waals surface area contributed by atoms with E-state index in [-0.39, 0.29) is 24.2 Å². The standard InChI is InChI=1S/C15H22N2O3S/c1-2-3-9-21(19,20)17-11-14(16-15(18)12-17)10-13-7-5-4-6-8-13/h4-8,14H,2-3,9-12H2,1H3,(H,16,18)/t14-/m0/s1. The van der Waals surface area contributed by atoms with Gasteiger partial charge in [-0.05, 0) is 18.4 Å². The van der Waals surface area contributed by atoms with Crippen LogP contribution in [0.2, 0.25) is 0 Å². The Kier molecular flexibility index (Phi) is 5.36. The summed E-state index contributed by atoms with van der Waals surface area (Å²) >= 11 is 0. The maximum absolute atomic E-state index is 12.2. The summed E-state index contributed by atoms with van der Waals surface area (Å²) in [5, 5.41) is 2.88. The van der Waals surface area contributed by atoms with E-state index in [0.717, 1.165) is 12.0 Å². The van der Waals surface area contributed by atoms with E-state index in [1.807, 2.05) is 37.3 Å². The van der Waals surface area contributed by atoms with Gasteiger partial charge in [-0.2, -0.15) is 4.31 Å². The van der Waals surface area contributed by atoms with Gasteiger partial charge >= 0.3 is 0 Å². The normalized spacial score (nSPS) is 20.2. The van der Waals surface area contributed by atoms with Crippen LogP contribution in [0.1, 0.15) is 25.3 Å². The highest BCUT2D eigenvalue weighted by molar-refractivity contribution is 7.89. The molecule has 2 rings (SSSR count). The van der Waals surface area contributed by atoms with Gasteiger partial charge in [0.2, 0.25) is 15.9 Å². The highest BCUT2D eigenvalue weighted by atomic mass is 32.2. The van der Waals surface area contributed by atoms with Gasteiger partial charge in [0.15, 0.2) is 0 Å². The third-order valence-electron chi connectivity index (χ3n) is 3.58. The number of unbranched alkanes of at least 4 members (excludes halogenated alkanes) is 1. The Morgan fingerprint density at radius 2 is 2.00 bits per heavy atom. The summed E-state index contributed by atoms with van der Waals surface area (Å²) in [7, 11) is -3.33. The maximum Gasteiger partial charge on any atom is 0.235 e. The van der Waals surface area contributed by atoms with Gasteiger partial charge in [0.05, 0.1) is 12.3 Å². The van der Waals surface area contributed by atoms with Gasteiger partial charge in [-0.3, -0.25) is 4.79 Å². The number of piperazine rings is 1. The summed E-state index contributed by atoms with van der Waals surface area (Å²) in [6, 6.07) is 9.62. The van der Waals surface area contributed by atoms with E-state index in [1.54, 1.807) is 0 Å². The number of amides is 1. The molecule has 1 fully saturated rings. The first kappa shape index (κ1) is 16.0. The van der Waals surface area contributed by atoms with E-state index in [0.29, 0.717) is 19.4 Å². The van der Waals surface area contributed by atoms with E-state index in [2.05, 4.69) is 5.32 Å². The van der Waals surface area contributed by atoms with Crippen molar-refractivity contribution in [1.29, 1.82) is 0 Å². The number of carbonyl (C=O) groups excluding carboxylic acids is 1. The van der Waals surface area contributed by atoms with Gasteiger partial charge in [0, 0.05) is 12.6 Å². The van der Waals surface area contributed by atoms with Crippen molar-refractivity contribution in [1.82, 2.24) is 9.62 Å². The summed E-state index contributed by atoms with van der Waals surface area (Å²) in [6.45, 7) is 2.25. The number of benzene rings is 1. The van der Waals surface area contributed by atoms with E-state index in [4.69, 9.17) is 0 Å².